The van der Waals surface area contributed by atoms with Crippen LogP contribution >= 0.6 is 50.7 Å². The summed E-state index contributed by atoms with van der Waals surface area (Å²) in [6.45, 7) is 0. The molecule has 3 rings (SSSR count). The van der Waals surface area contributed by atoms with Crippen molar-refractivity contribution >= 4 is 62.9 Å². The third-order valence-electron chi connectivity index (χ3n) is 3.35. The molecule has 0 radical (unpaired) electrons. The lowest BCUT2D eigenvalue weighted by atomic mass is 10.2. The van der Waals surface area contributed by atoms with E-state index in [0.717, 1.165) is 4.47 Å². The third-order valence-corrected chi connectivity index (χ3v) is 4.88. The highest BCUT2D eigenvalue weighted by Gasteiger charge is 2.11. The van der Waals surface area contributed by atoms with Gasteiger partial charge in [-0.1, -0.05) is 56.8 Å². The Labute approximate surface area is 172 Å². The maximum absolute atomic E-state index is 12.0. The van der Waals surface area contributed by atoms with Crippen LogP contribution in [0.5, 0.6) is 0 Å². The molecule has 8 heteroatoms. The van der Waals surface area contributed by atoms with E-state index in [2.05, 4.69) is 26.5 Å². The lowest BCUT2D eigenvalue weighted by Crippen LogP contribution is -2.17. The van der Waals surface area contributed by atoms with Crippen LogP contribution in [0.4, 0.5) is 0 Å². The predicted molar refractivity (Wildman–Crippen MR) is 108 cm³/mol. The van der Waals surface area contributed by atoms with Crippen LogP contribution in [0, 0.1) is 0 Å². The molecule has 0 bridgehead atoms. The number of nitrogens with zero attached hydrogens (tertiary/aromatic N) is 1. The molecular weight excluding hydrogens is 462 g/mol. The van der Waals surface area contributed by atoms with Crippen molar-refractivity contribution in [3.8, 4) is 11.3 Å². The van der Waals surface area contributed by atoms with Crippen LogP contribution < -0.4 is 5.43 Å². The van der Waals surface area contributed by atoms with Crippen LogP contribution in [-0.2, 0) is 0 Å². The van der Waals surface area contributed by atoms with Gasteiger partial charge in [0, 0.05) is 15.6 Å². The first-order valence-corrected chi connectivity index (χ1v) is 9.20. The summed E-state index contributed by atoms with van der Waals surface area (Å²) in [4.78, 5) is 12.0. The molecular formula is C18H10BrCl3N2O2. The molecule has 0 aliphatic heterocycles. The Bertz CT molecular complexity index is 1000. The molecule has 0 aliphatic carbocycles. The molecule has 1 heterocycles. The van der Waals surface area contributed by atoms with Crippen LogP contribution in [-0.4, -0.2) is 12.1 Å². The Morgan fingerprint density at radius 2 is 1.81 bits per heavy atom. The highest BCUT2D eigenvalue weighted by atomic mass is 79.9. The van der Waals surface area contributed by atoms with E-state index >= 15 is 0 Å². The second-order valence-corrected chi connectivity index (χ2v) is 7.29. The number of carbonyl (C=O) groups is 1. The molecule has 0 unspecified atom stereocenters. The number of carbonyl (C=O) groups excluding carboxylic acids is 1. The summed E-state index contributed by atoms with van der Waals surface area (Å²) in [6.07, 6.45) is 1.39. The van der Waals surface area contributed by atoms with Crippen LogP contribution in [0.2, 0.25) is 15.1 Å². The summed E-state index contributed by atoms with van der Waals surface area (Å²) < 4.78 is 6.47. The Hall–Kier alpha value is -1.79. The smallest absolute Gasteiger partial charge is 0.271 e. The second kappa shape index (κ2) is 8.27. The highest BCUT2D eigenvalue weighted by Crippen LogP contribution is 2.35. The number of amides is 1. The van der Waals surface area contributed by atoms with E-state index in [9.17, 15) is 4.79 Å². The standard InChI is InChI=1S/C18H10BrCl3N2O2/c19-11-3-1-2-10(6-11)18(25)24-23-9-12-4-5-17(26-12)13-7-15(21)16(22)8-14(13)20/h1-9H,(H,24,25)/b23-9-. The van der Waals surface area contributed by atoms with Crippen molar-refractivity contribution in [3.63, 3.8) is 0 Å². The molecule has 0 atom stereocenters. The number of hydrogen-bond donors (Lipinski definition) is 1. The zero-order valence-electron chi connectivity index (χ0n) is 13.0. The topological polar surface area (TPSA) is 54.6 Å². The molecule has 0 fully saturated rings. The van der Waals surface area contributed by atoms with Crippen molar-refractivity contribution < 1.29 is 9.21 Å². The Balaban J connectivity index is 1.72. The average molecular weight is 473 g/mol. The molecule has 0 spiro atoms. The van der Waals surface area contributed by atoms with E-state index < -0.39 is 0 Å². The fraction of sp³-hybridized carbons (Fsp3) is 0. The highest BCUT2D eigenvalue weighted by molar-refractivity contribution is 9.10. The van der Waals surface area contributed by atoms with Crippen LogP contribution in [0.1, 0.15) is 16.1 Å². The van der Waals surface area contributed by atoms with Gasteiger partial charge in [0.2, 0.25) is 0 Å². The molecule has 4 nitrogen and oxygen atoms in total. The normalized spacial score (nSPS) is 11.1. The quantitative estimate of drug-likeness (QED) is 0.270. The molecule has 26 heavy (non-hydrogen) atoms. The number of rotatable bonds is 4. The van der Waals surface area contributed by atoms with Crippen molar-refractivity contribution in [1.29, 1.82) is 0 Å². The number of hydrogen-bond acceptors (Lipinski definition) is 3. The van der Waals surface area contributed by atoms with Crippen molar-refractivity contribution in [1.82, 2.24) is 5.43 Å². The van der Waals surface area contributed by atoms with E-state index in [4.69, 9.17) is 39.2 Å². The van der Waals surface area contributed by atoms with Gasteiger partial charge in [-0.3, -0.25) is 4.79 Å². The van der Waals surface area contributed by atoms with Gasteiger partial charge in [0.25, 0.3) is 5.91 Å². The van der Waals surface area contributed by atoms with Gasteiger partial charge in [0.05, 0.1) is 21.3 Å². The van der Waals surface area contributed by atoms with Crippen molar-refractivity contribution in [2.75, 3.05) is 0 Å². The number of hydrazone groups is 1. The van der Waals surface area contributed by atoms with Crippen molar-refractivity contribution in [2.24, 2.45) is 5.10 Å². The van der Waals surface area contributed by atoms with Gasteiger partial charge in [-0.05, 0) is 42.5 Å². The molecule has 3 aromatic rings. The van der Waals surface area contributed by atoms with Gasteiger partial charge in [-0.25, -0.2) is 5.43 Å². The zero-order chi connectivity index (χ0) is 18.7. The zero-order valence-corrected chi connectivity index (χ0v) is 16.8. The number of furan rings is 1. The minimum Gasteiger partial charge on any atom is -0.455 e. The Morgan fingerprint density at radius 3 is 2.58 bits per heavy atom. The predicted octanol–water partition coefficient (Wildman–Crippen LogP) is 6.43. The first-order valence-electron chi connectivity index (χ1n) is 7.28. The van der Waals surface area contributed by atoms with Gasteiger partial charge in [-0.15, -0.1) is 0 Å². The summed E-state index contributed by atoms with van der Waals surface area (Å²) in [6, 6.07) is 13.6. The molecule has 1 aromatic heterocycles. The Kier molecular flexibility index (Phi) is 6.04. The lowest BCUT2D eigenvalue weighted by Gasteiger charge is -2.03. The minimum atomic E-state index is -0.332. The maximum atomic E-state index is 12.0. The summed E-state index contributed by atoms with van der Waals surface area (Å²) >= 11 is 21.4. The van der Waals surface area contributed by atoms with Crippen LogP contribution in [0.25, 0.3) is 11.3 Å². The van der Waals surface area contributed by atoms with Gasteiger partial charge in [-0.2, -0.15) is 5.10 Å². The molecule has 0 saturated carbocycles. The maximum Gasteiger partial charge on any atom is 0.271 e. The largest absolute Gasteiger partial charge is 0.455 e. The fourth-order valence-corrected chi connectivity index (χ4v) is 3.17. The SMILES string of the molecule is O=C(N/N=C\c1ccc(-c2cc(Cl)c(Cl)cc2Cl)o1)c1cccc(Br)c1. The number of benzene rings is 2. The molecule has 132 valence electrons. The first kappa shape index (κ1) is 19.0. The molecule has 2 aromatic carbocycles. The van der Waals surface area contributed by atoms with Gasteiger partial charge in [0.1, 0.15) is 11.5 Å². The summed E-state index contributed by atoms with van der Waals surface area (Å²) in [5.74, 6) is 0.617. The fourth-order valence-electron chi connectivity index (χ4n) is 2.13. The van der Waals surface area contributed by atoms with E-state index in [-0.39, 0.29) is 5.91 Å². The molecule has 0 aliphatic rings. The van der Waals surface area contributed by atoms with Crippen LogP contribution in [0.15, 0.2) is 62.5 Å². The summed E-state index contributed by atoms with van der Waals surface area (Å²) in [5.41, 5.74) is 3.53. The third kappa shape index (κ3) is 4.48. The van der Waals surface area contributed by atoms with Gasteiger partial charge < -0.3 is 4.42 Å². The van der Waals surface area contributed by atoms with E-state index in [1.807, 2.05) is 6.07 Å². The average Bonchev–Trinajstić information content (AvgIpc) is 3.06. The Morgan fingerprint density at radius 1 is 1.04 bits per heavy atom. The molecule has 1 amide bonds. The van der Waals surface area contributed by atoms with E-state index in [0.29, 0.717) is 37.7 Å². The molecule has 0 saturated heterocycles. The van der Waals surface area contributed by atoms with Crippen molar-refractivity contribution in [2.45, 2.75) is 0 Å². The lowest BCUT2D eigenvalue weighted by molar-refractivity contribution is 0.0955. The number of halogens is 4. The second-order valence-electron chi connectivity index (χ2n) is 5.16. The van der Waals surface area contributed by atoms with Gasteiger partial charge in [0.15, 0.2) is 0 Å². The molecule has 1 N–H and O–H groups in total. The van der Waals surface area contributed by atoms with Gasteiger partial charge >= 0.3 is 0 Å². The van der Waals surface area contributed by atoms with Crippen LogP contribution in [0.3, 0.4) is 0 Å². The van der Waals surface area contributed by atoms with E-state index in [1.165, 1.54) is 6.21 Å². The van der Waals surface area contributed by atoms with E-state index in [1.54, 1.807) is 42.5 Å². The monoisotopic (exact) mass is 470 g/mol. The summed E-state index contributed by atoms with van der Waals surface area (Å²) in [7, 11) is 0. The van der Waals surface area contributed by atoms with Crippen molar-refractivity contribution in [3.05, 3.63) is 79.4 Å². The number of nitrogens with one attached hydrogen (secondary N) is 1. The minimum absolute atomic E-state index is 0.332. The first-order chi connectivity index (χ1) is 12.4. The summed E-state index contributed by atoms with van der Waals surface area (Å²) in [5, 5.41) is 5.05.